The number of nitrogens with one attached hydrogen (secondary N) is 1. The predicted molar refractivity (Wildman–Crippen MR) is 138 cm³/mol. The normalized spacial score (nSPS) is 22.9. The van der Waals surface area contributed by atoms with Gasteiger partial charge in [0, 0.05) is 43.9 Å². The van der Waals surface area contributed by atoms with Crippen LogP contribution in [0, 0.1) is 0 Å². The minimum Gasteiger partial charge on any atom is -0.379 e. The standard InChI is InChI=1S/C21H34N4OS2.HI/c1-4-22-20(24(2)15-18-5-7-19(27-3)8-6-18)23-16-21(9-14-28-17-21)25-10-12-26-13-11-25;/h5-8H,4,9-17H2,1-3H3,(H,22,23);1H. The first-order valence-electron chi connectivity index (χ1n) is 10.2. The molecule has 2 saturated heterocycles. The summed E-state index contributed by atoms with van der Waals surface area (Å²) in [5, 5.41) is 3.49. The summed E-state index contributed by atoms with van der Waals surface area (Å²) < 4.78 is 5.58. The zero-order valence-corrected chi connectivity index (χ0v) is 21.8. The van der Waals surface area contributed by atoms with Gasteiger partial charge in [0.25, 0.3) is 0 Å². The second kappa shape index (κ2) is 12.6. The number of morpholine rings is 1. The largest absolute Gasteiger partial charge is 0.379 e. The molecule has 2 aliphatic heterocycles. The zero-order valence-electron chi connectivity index (χ0n) is 17.9. The van der Waals surface area contributed by atoms with Crippen LogP contribution < -0.4 is 5.32 Å². The van der Waals surface area contributed by atoms with Gasteiger partial charge >= 0.3 is 0 Å². The van der Waals surface area contributed by atoms with Gasteiger partial charge in [-0.2, -0.15) is 11.8 Å². The van der Waals surface area contributed by atoms with E-state index in [-0.39, 0.29) is 29.5 Å². The third-order valence-corrected chi connectivity index (χ3v) is 7.54. The first kappa shape index (κ1) is 25.1. The molecule has 1 aromatic rings. The maximum absolute atomic E-state index is 5.58. The number of aliphatic imine (C=N–C) groups is 1. The molecule has 0 radical (unpaired) electrons. The molecule has 8 heteroatoms. The molecular formula is C21H35IN4OS2. The van der Waals surface area contributed by atoms with Gasteiger partial charge in [-0.1, -0.05) is 12.1 Å². The molecule has 0 bridgehead atoms. The SMILES string of the molecule is CCNC(=NCC1(N2CCOCC2)CCSC1)N(C)Cc1ccc(SC)cc1.I. The van der Waals surface area contributed by atoms with Gasteiger partial charge in [0.05, 0.1) is 25.3 Å². The lowest BCUT2D eigenvalue weighted by Crippen LogP contribution is -2.56. The summed E-state index contributed by atoms with van der Waals surface area (Å²) in [5.41, 5.74) is 1.50. The van der Waals surface area contributed by atoms with Crippen LogP contribution in [0.15, 0.2) is 34.2 Å². The Labute approximate surface area is 201 Å². The smallest absolute Gasteiger partial charge is 0.194 e. The Bertz CT molecular complexity index is 632. The molecule has 1 atom stereocenters. The topological polar surface area (TPSA) is 40.1 Å². The lowest BCUT2D eigenvalue weighted by Gasteiger charge is -2.42. The van der Waals surface area contributed by atoms with E-state index in [0.717, 1.165) is 51.9 Å². The maximum Gasteiger partial charge on any atom is 0.194 e. The molecule has 2 fully saturated rings. The monoisotopic (exact) mass is 550 g/mol. The summed E-state index contributed by atoms with van der Waals surface area (Å²) in [6, 6.07) is 8.83. The van der Waals surface area contributed by atoms with Crippen LogP contribution in [-0.4, -0.2) is 85.5 Å². The van der Waals surface area contributed by atoms with Crippen LogP contribution in [-0.2, 0) is 11.3 Å². The van der Waals surface area contributed by atoms with Crippen LogP contribution in [0.3, 0.4) is 0 Å². The Balaban J connectivity index is 0.00000300. The van der Waals surface area contributed by atoms with Crippen molar-refractivity contribution in [3.63, 3.8) is 0 Å². The van der Waals surface area contributed by atoms with E-state index in [0.29, 0.717) is 0 Å². The number of halogens is 1. The predicted octanol–water partition coefficient (Wildman–Crippen LogP) is 3.63. The molecule has 0 amide bonds. The molecule has 29 heavy (non-hydrogen) atoms. The van der Waals surface area contributed by atoms with Crippen molar-refractivity contribution in [1.29, 1.82) is 0 Å². The van der Waals surface area contributed by atoms with Gasteiger partial charge < -0.3 is 15.0 Å². The fraction of sp³-hybridized carbons (Fsp3) is 0.667. The van der Waals surface area contributed by atoms with E-state index in [9.17, 15) is 0 Å². The molecule has 164 valence electrons. The Kier molecular flexibility index (Phi) is 10.9. The Morgan fingerprint density at radius 1 is 1.31 bits per heavy atom. The van der Waals surface area contributed by atoms with Gasteiger partial charge in [0.1, 0.15) is 0 Å². The minimum absolute atomic E-state index is 0. The lowest BCUT2D eigenvalue weighted by atomic mass is 9.96. The summed E-state index contributed by atoms with van der Waals surface area (Å²) in [6.45, 7) is 8.50. The molecule has 0 spiro atoms. The molecule has 1 aromatic carbocycles. The number of ether oxygens (including phenoxy) is 1. The number of hydrogen-bond acceptors (Lipinski definition) is 5. The summed E-state index contributed by atoms with van der Waals surface area (Å²) >= 11 is 3.85. The van der Waals surface area contributed by atoms with Gasteiger partial charge in [0.2, 0.25) is 0 Å². The number of hydrogen-bond donors (Lipinski definition) is 1. The fourth-order valence-electron chi connectivity index (χ4n) is 3.88. The minimum atomic E-state index is 0. The van der Waals surface area contributed by atoms with Crippen LogP contribution >= 0.6 is 47.5 Å². The number of thioether (sulfide) groups is 2. The third kappa shape index (κ3) is 6.92. The van der Waals surface area contributed by atoms with Crippen molar-refractivity contribution < 1.29 is 4.74 Å². The summed E-state index contributed by atoms with van der Waals surface area (Å²) in [4.78, 5) is 11.3. The van der Waals surface area contributed by atoms with Crippen molar-refractivity contribution in [2.45, 2.75) is 30.3 Å². The first-order chi connectivity index (χ1) is 13.7. The number of benzene rings is 1. The number of guanidine groups is 1. The van der Waals surface area contributed by atoms with Crippen molar-refractivity contribution in [2.75, 3.05) is 64.2 Å². The fourth-order valence-corrected chi connectivity index (χ4v) is 5.75. The highest BCUT2D eigenvalue weighted by molar-refractivity contribution is 14.0. The Morgan fingerprint density at radius 2 is 2.03 bits per heavy atom. The first-order valence-corrected chi connectivity index (χ1v) is 12.6. The Hall–Kier alpha value is -0.160. The van der Waals surface area contributed by atoms with Crippen LogP contribution in [0.5, 0.6) is 0 Å². The second-order valence-electron chi connectivity index (χ2n) is 7.50. The van der Waals surface area contributed by atoms with Gasteiger partial charge in [-0.25, -0.2) is 0 Å². The third-order valence-electron chi connectivity index (χ3n) is 5.56. The van der Waals surface area contributed by atoms with Crippen molar-refractivity contribution in [3.05, 3.63) is 29.8 Å². The highest BCUT2D eigenvalue weighted by Crippen LogP contribution is 2.34. The second-order valence-corrected chi connectivity index (χ2v) is 9.49. The van der Waals surface area contributed by atoms with E-state index in [4.69, 9.17) is 9.73 Å². The van der Waals surface area contributed by atoms with E-state index in [2.05, 4.69) is 71.4 Å². The molecule has 0 aliphatic carbocycles. The van der Waals surface area contributed by atoms with E-state index in [1.54, 1.807) is 11.8 Å². The molecule has 5 nitrogen and oxygen atoms in total. The molecule has 2 aliphatic rings. The van der Waals surface area contributed by atoms with Crippen LogP contribution in [0.1, 0.15) is 18.9 Å². The lowest BCUT2D eigenvalue weighted by molar-refractivity contribution is -0.0105. The van der Waals surface area contributed by atoms with Gasteiger partial charge in [-0.15, -0.1) is 35.7 Å². The molecule has 1 N–H and O–H groups in total. The quantitative estimate of drug-likeness (QED) is 0.242. The molecule has 3 rings (SSSR count). The highest BCUT2D eigenvalue weighted by Gasteiger charge is 2.40. The maximum atomic E-state index is 5.58. The average molecular weight is 551 g/mol. The summed E-state index contributed by atoms with van der Waals surface area (Å²) in [5.74, 6) is 3.41. The molecule has 2 heterocycles. The van der Waals surface area contributed by atoms with E-state index in [1.807, 2.05) is 0 Å². The number of rotatable bonds is 7. The van der Waals surface area contributed by atoms with E-state index in [1.165, 1.54) is 28.4 Å². The average Bonchev–Trinajstić information content (AvgIpc) is 3.22. The van der Waals surface area contributed by atoms with Gasteiger partial charge in [-0.05, 0) is 43.0 Å². The summed E-state index contributed by atoms with van der Waals surface area (Å²) in [7, 11) is 2.13. The van der Waals surface area contributed by atoms with Crippen molar-refractivity contribution in [2.24, 2.45) is 4.99 Å². The van der Waals surface area contributed by atoms with Crippen molar-refractivity contribution >= 4 is 53.5 Å². The number of nitrogens with zero attached hydrogens (tertiary/aromatic N) is 3. The van der Waals surface area contributed by atoms with Gasteiger partial charge in [-0.3, -0.25) is 9.89 Å². The molecular weight excluding hydrogens is 515 g/mol. The van der Waals surface area contributed by atoms with Gasteiger partial charge in [0.15, 0.2) is 5.96 Å². The molecule has 1 unspecified atom stereocenters. The van der Waals surface area contributed by atoms with E-state index >= 15 is 0 Å². The van der Waals surface area contributed by atoms with E-state index < -0.39 is 0 Å². The Morgan fingerprint density at radius 3 is 2.62 bits per heavy atom. The summed E-state index contributed by atoms with van der Waals surface area (Å²) in [6.07, 6.45) is 3.34. The molecule has 0 saturated carbocycles. The zero-order chi connectivity index (χ0) is 19.8. The highest BCUT2D eigenvalue weighted by atomic mass is 127. The van der Waals surface area contributed by atoms with Crippen LogP contribution in [0.4, 0.5) is 0 Å². The van der Waals surface area contributed by atoms with Crippen LogP contribution in [0.2, 0.25) is 0 Å². The van der Waals surface area contributed by atoms with Crippen LogP contribution in [0.25, 0.3) is 0 Å². The molecule has 0 aromatic heterocycles. The van der Waals surface area contributed by atoms with Crippen molar-refractivity contribution in [1.82, 2.24) is 15.1 Å². The van der Waals surface area contributed by atoms with Crippen molar-refractivity contribution in [3.8, 4) is 0 Å².